The van der Waals surface area contributed by atoms with Gasteiger partial charge >= 0.3 is 5.97 Å². The highest BCUT2D eigenvalue weighted by Gasteiger charge is 2.47. The molecule has 1 aliphatic rings. The van der Waals surface area contributed by atoms with Gasteiger partial charge in [0.2, 0.25) is 0 Å². The van der Waals surface area contributed by atoms with Gasteiger partial charge < -0.3 is 9.94 Å². The molecule has 24 heavy (non-hydrogen) atoms. The summed E-state index contributed by atoms with van der Waals surface area (Å²) in [6.07, 6.45) is 0.529. The number of carboxylic acid groups (broad SMARTS) is 1. The summed E-state index contributed by atoms with van der Waals surface area (Å²) < 4.78 is 21.8. The number of hydrogen-bond donors (Lipinski definition) is 1. The molecule has 0 aromatic heterocycles. The van der Waals surface area contributed by atoms with Crippen molar-refractivity contribution in [2.45, 2.75) is 37.5 Å². The van der Waals surface area contributed by atoms with Crippen LogP contribution in [0.15, 0.2) is 29.4 Å². The summed E-state index contributed by atoms with van der Waals surface area (Å²) in [6, 6.07) is 7.44. The van der Waals surface area contributed by atoms with Crippen molar-refractivity contribution in [3.63, 3.8) is 0 Å². The molecule has 128 valence electrons. The van der Waals surface area contributed by atoms with Crippen LogP contribution in [0.2, 0.25) is 0 Å². The zero-order valence-electron chi connectivity index (χ0n) is 13.7. The van der Waals surface area contributed by atoms with Gasteiger partial charge in [-0.15, -0.1) is 5.92 Å². The lowest BCUT2D eigenvalue weighted by Gasteiger charge is -2.24. The number of nitrogens with zero attached hydrogens (tertiary/aromatic N) is 1. The van der Waals surface area contributed by atoms with Gasteiger partial charge in [-0.3, -0.25) is 4.79 Å². The third-order valence-electron chi connectivity index (χ3n) is 4.11. The molecule has 0 saturated carbocycles. The van der Waals surface area contributed by atoms with Crippen LogP contribution in [0.4, 0.5) is 0 Å². The lowest BCUT2D eigenvalue weighted by molar-refractivity contribution is -0.140. The van der Waals surface area contributed by atoms with Crippen LogP contribution in [0.5, 0.6) is 0 Å². The summed E-state index contributed by atoms with van der Waals surface area (Å²) in [7, 11) is -3.79. The standard InChI is InChI=1S/C17H19NO5S/c1-4-5-12-6-8-13(9-7-12)15-10-14(23-18-15)11-17(2,16(19)20)24(3,21)22/h6-9,14H,10-11H2,1-3H3,(H,19,20)/t14?,17-/m1/s1. The van der Waals surface area contributed by atoms with Crippen LogP contribution in [0, 0.1) is 11.8 Å². The van der Waals surface area contributed by atoms with Crippen molar-refractivity contribution in [3.8, 4) is 11.8 Å². The quantitative estimate of drug-likeness (QED) is 0.819. The van der Waals surface area contributed by atoms with Crippen LogP contribution in [0.25, 0.3) is 0 Å². The van der Waals surface area contributed by atoms with Gasteiger partial charge in [0.1, 0.15) is 6.10 Å². The molecule has 2 atom stereocenters. The Kier molecular flexibility index (Phi) is 4.99. The first kappa shape index (κ1) is 18.0. The molecule has 0 fully saturated rings. The minimum atomic E-state index is -3.79. The Morgan fingerprint density at radius 1 is 1.42 bits per heavy atom. The average Bonchev–Trinajstić information content (AvgIpc) is 2.95. The van der Waals surface area contributed by atoms with E-state index in [-0.39, 0.29) is 6.42 Å². The first-order valence-corrected chi connectivity index (χ1v) is 9.25. The summed E-state index contributed by atoms with van der Waals surface area (Å²) in [5.41, 5.74) is 2.39. The molecule has 0 bridgehead atoms. The smallest absolute Gasteiger partial charge is 0.324 e. The fraction of sp³-hybridized carbons (Fsp3) is 0.412. The maximum atomic E-state index is 11.8. The van der Waals surface area contributed by atoms with Crippen LogP contribution in [-0.4, -0.2) is 42.3 Å². The molecule has 6 nitrogen and oxygen atoms in total. The Balaban J connectivity index is 2.11. The van der Waals surface area contributed by atoms with Crippen LogP contribution in [0.1, 0.15) is 37.8 Å². The molecule has 0 saturated heterocycles. The van der Waals surface area contributed by atoms with E-state index in [9.17, 15) is 18.3 Å². The van der Waals surface area contributed by atoms with Gasteiger partial charge in [-0.2, -0.15) is 0 Å². The zero-order chi connectivity index (χ0) is 18.0. The number of rotatable bonds is 5. The molecule has 0 radical (unpaired) electrons. The van der Waals surface area contributed by atoms with E-state index in [2.05, 4.69) is 17.0 Å². The van der Waals surface area contributed by atoms with Gasteiger partial charge in [-0.25, -0.2) is 8.42 Å². The highest BCUT2D eigenvalue weighted by molar-refractivity contribution is 7.92. The summed E-state index contributed by atoms with van der Waals surface area (Å²) in [5.74, 6) is 4.37. The lowest BCUT2D eigenvalue weighted by atomic mass is 9.97. The van der Waals surface area contributed by atoms with Crippen molar-refractivity contribution < 1.29 is 23.2 Å². The van der Waals surface area contributed by atoms with Crippen LogP contribution in [-0.2, 0) is 19.5 Å². The van der Waals surface area contributed by atoms with Crippen molar-refractivity contribution in [2.24, 2.45) is 5.16 Å². The van der Waals surface area contributed by atoms with E-state index >= 15 is 0 Å². The molecule has 1 aromatic carbocycles. The van der Waals surface area contributed by atoms with Crippen LogP contribution in [0.3, 0.4) is 0 Å². The molecular weight excluding hydrogens is 330 g/mol. The monoisotopic (exact) mass is 349 g/mol. The van der Waals surface area contributed by atoms with E-state index < -0.39 is 26.7 Å². The van der Waals surface area contributed by atoms with Crippen molar-refractivity contribution in [2.75, 3.05) is 6.26 Å². The van der Waals surface area contributed by atoms with Gasteiger partial charge in [0.05, 0.1) is 5.71 Å². The zero-order valence-corrected chi connectivity index (χ0v) is 14.6. The molecule has 1 aromatic rings. The third kappa shape index (κ3) is 3.60. The minimum absolute atomic E-state index is 0.159. The predicted octanol–water partition coefficient (Wildman–Crippen LogP) is 1.83. The van der Waals surface area contributed by atoms with Crippen LogP contribution >= 0.6 is 0 Å². The van der Waals surface area contributed by atoms with E-state index in [4.69, 9.17) is 4.84 Å². The molecule has 1 unspecified atom stereocenters. The van der Waals surface area contributed by atoms with Gasteiger partial charge in [-0.05, 0) is 31.5 Å². The Labute approximate surface area is 141 Å². The maximum absolute atomic E-state index is 11.8. The second-order valence-electron chi connectivity index (χ2n) is 5.93. The van der Waals surface area contributed by atoms with Crippen molar-refractivity contribution in [1.82, 2.24) is 0 Å². The Bertz CT molecular complexity index is 830. The molecule has 7 heteroatoms. The lowest BCUT2D eigenvalue weighted by Crippen LogP contribution is -2.45. The maximum Gasteiger partial charge on any atom is 0.324 e. The summed E-state index contributed by atoms with van der Waals surface area (Å²) in [5, 5.41) is 13.3. The average molecular weight is 349 g/mol. The number of aliphatic carboxylic acids is 1. The fourth-order valence-corrected chi connectivity index (χ4v) is 3.24. The normalized spacial score (nSPS) is 19.5. The molecule has 2 rings (SSSR count). The summed E-state index contributed by atoms with van der Waals surface area (Å²) >= 11 is 0. The van der Waals surface area contributed by atoms with Crippen LogP contribution < -0.4 is 0 Å². The van der Waals surface area contributed by atoms with E-state index in [1.54, 1.807) is 6.92 Å². The van der Waals surface area contributed by atoms with E-state index in [0.29, 0.717) is 12.1 Å². The van der Waals surface area contributed by atoms with E-state index in [0.717, 1.165) is 17.4 Å². The molecule has 1 heterocycles. The SMILES string of the molecule is CC#Cc1ccc(C2=NOC(C[C@](C)(C(=O)O)S(C)(=O)=O)C2)cc1. The number of carboxylic acids is 1. The Morgan fingerprint density at radius 2 is 2.04 bits per heavy atom. The van der Waals surface area contributed by atoms with Crippen molar-refractivity contribution in [3.05, 3.63) is 35.4 Å². The van der Waals surface area contributed by atoms with E-state index in [1.807, 2.05) is 24.3 Å². The van der Waals surface area contributed by atoms with Gasteiger partial charge in [0.25, 0.3) is 0 Å². The summed E-state index contributed by atoms with van der Waals surface area (Å²) in [6.45, 7) is 2.96. The fourth-order valence-electron chi connectivity index (χ4n) is 2.43. The van der Waals surface area contributed by atoms with Crippen molar-refractivity contribution >= 4 is 21.5 Å². The largest absolute Gasteiger partial charge is 0.480 e. The topological polar surface area (TPSA) is 93.0 Å². The molecule has 1 aliphatic heterocycles. The highest BCUT2D eigenvalue weighted by atomic mass is 32.2. The predicted molar refractivity (Wildman–Crippen MR) is 90.5 cm³/mol. The first-order chi connectivity index (χ1) is 11.2. The van der Waals surface area contributed by atoms with Gasteiger partial charge in [-0.1, -0.05) is 23.2 Å². The third-order valence-corrected chi connectivity index (χ3v) is 6.09. The second-order valence-corrected chi connectivity index (χ2v) is 8.38. The Hall–Kier alpha value is -2.33. The molecule has 0 aliphatic carbocycles. The number of hydrogen-bond acceptors (Lipinski definition) is 5. The van der Waals surface area contributed by atoms with Crippen molar-refractivity contribution in [1.29, 1.82) is 0 Å². The second kappa shape index (κ2) is 6.65. The highest BCUT2D eigenvalue weighted by Crippen LogP contribution is 2.29. The van der Waals surface area contributed by atoms with Gasteiger partial charge in [0, 0.05) is 24.7 Å². The number of carbonyl (C=O) groups is 1. The molecular formula is C17H19NO5S. The number of sulfone groups is 1. The van der Waals surface area contributed by atoms with Gasteiger partial charge in [0.15, 0.2) is 14.6 Å². The summed E-state index contributed by atoms with van der Waals surface area (Å²) in [4.78, 5) is 16.7. The number of benzene rings is 1. The first-order valence-electron chi connectivity index (χ1n) is 7.36. The number of oxime groups is 1. The molecule has 0 spiro atoms. The Morgan fingerprint density at radius 3 is 2.54 bits per heavy atom. The molecule has 1 N–H and O–H groups in total. The van der Waals surface area contributed by atoms with E-state index in [1.165, 1.54) is 6.92 Å². The minimum Gasteiger partial charge on any atom is -0.480 e. The molecule has 0 amide bonds.